The third-order valence-electron chi connectivity index (χ3n) is 4.97. The maximum atomic E-state index is 10.6. The van der Waals surface area contributed by atoms with Crippen LogP contribution in [0.4, 0.5) is 0 Å². The summed E-state index contributed by atoms with van der Waals surface area (Å²) in [7, 11) is 0. The number of carboxylic acids is 1. The van der Waals surface area contributed by atoms with Crippen LogP contribution in [-0.2, 0) is 11.3 Å². The van der Waals surface area contributed by atoms with Crippen LogP contribution < -0.4 is 0 Å². The second kappa shape index (κ2) is 8.28. The number of carbonyl (C=O) groups is 1. The minimum atomic E-state index is -0.876. The van der Waals surface area contributed by atoms with Gasteiger partial charge in [-0.3, -0.25) is 14.2 Å². The van der Waals surface area contributed by atoms with Gasteiger partial charge in [-0.25, -0.2) is 0 Å². The molecular weight excluding hydrogens is 380 g/mol. The van der Waals surface area contributed by atoms with E-state index in [1.54, 1.807) is 6.21 Å². The highest BCUT2D eigenvalue weighted by Gasteiger charge is 2.16. The lowest BCUT2D eigenvalue weighted by Gasteiger charge is -2.11. The third-order valence-corrected chi connectivity index (χ3v) is 4.97. The number of benzene rings is 1. The number of nitrogens with one attached hydrogen (secondary N) is 1. The molecule has 152 valence electrons. The lowest BCUT2D eigenvalue weighted by Crippen LogP contribution is -2.10. The molecule has 0 amide bonds. The maximum Gasteiger partial charge on any atom is 0.305 e. The van der Waals surface area contributed by atoms with Crippen molar-refractivity contribution in [3.63, 3.8) is 0 Å². The Balaban J connectivity index is 1.74. The fourth-order valence-electron chi connectivity index (χ4n) is 3.54. The predicted molar refractivity (Wildman–Crippen MR) is 116 cm³/mol. The van der Waals surface area contributed by atoms with Crippen LogP contribution in [0.2, 0.25) is 0 Å². The van der Waals surface area contributed by atoms with Crippen molar-refractivity contribution in [2.45, 2.75) is 26.3 Å². The predicted octanol–water partition coefficient (Wildman–Crippen LogP) is 3.34. The van der Waals surface area contributed by atoms with E-state index >= 15 is 0 Å². The van der Waals surface area contributed by atoms with Gasteiger partial charge in [0.15, 0.2) is 5.65 Å². The van der Waals surface area contributed by atoms with E-state index in [-0.39, 0.29) is 13.0 Å². The van der Waals surface area contributed by atoms with Crippen LogP contribution in [0, 0.1) is 12.3 Å². The first-order valence-electron chi connectivity index (χ1n) is 9.70. The summed E-state index contributed by atoms with van der Waals surface area (Å²) in [5.41, 5.74) is 5.06. The molecule has 4 rings (SSSR count). The van der Waals surface area contributed by atoms with Gasteiger partial charge in [-0.05, 0) is 30.7 Å². The molecule has 8 heteroatoms. The summed E-state index contributed by atoms with van der Waals surface area (Å²) in [6.45, 7) is 2.76. The van der Waals surface area contributed by atoms with Crippen molar-refractivity contribution < 1.29 is 9.90 Å². The Bertz CT molecular complexity index is 1250. The molecule has 0 bridgehead atoms. The number of rotatable bonds is 8. The molecule has 0 spiro atoms. The van der Waals surface area contributed by atoms with Crippen molar-refractivity contribution in [3.05, 3.63) is 65.6 Å². The quantitative estimate of drug-likeness (QED) is 0.441. The zero-order chi connectivity index (χ0) is 21.1. The first-order chi connectivity index (χ1) is 14.5. The third kappa shape index (κ3) is 3.84. The summed E-state index contributed by atoms with van der Waals surface area (Å²) in [6, 6.07) is 16.1. The van der Waals surface area contributed by atoms with Crippen LogP contribution in [0.15, 0.2) is 53.5 Å². The summed E-state index contributed by atoms with van der Waals surface area (Å²) in [6.07, 6.45) is 1.94. The molecular formula is C22H22N6O2. The van der Waals surface area contributed by atoms with Gasteiger partial charge in [0.2, 0.25) is 0 Å². The second-order valence-corrected chi connectivity index (χ2v) is 7.06. The number of aryl methyl sites for hydroxylation is 1. The minimum absolute atomic E-state index is 0.0109. The maximum absolute atomic E-state index is 10.6. The Morgan fingerprint density at radius 1 is 1.17 bits per heavy atom. The van der Waals surface area contributed by atoms with Gasteiger partial charge in [-0.15, -0.1) is 10.2 Å². The van der Waals surface area contributed by atoms with E-state index in [2.05, 4.69) is 31.9 Å². The Hall–Kier alpha value is -3.81. The molecule has 1 aromatic carbocycles. The number of nitrogens with zero attached hydrogens (tertiary/aromatic N) is 5. The molecule has 0 aliphatic rings. The van der Waals surface area contributed by atoms with E-state index in [1.165, 1.54) is 0 Å². The van der Waals surface area contributed by atoms with E-state index in [0.29, 0.717) is 18.7 Å². The summed E-state index contributed by atoms with van der Waals surface area (Å²) in [5.74, 6) is -0.0840. The van der Waals surface area contributed by atoms with Gasteiger partial charge in [0.1, 0.15) is 5.82 Å². The highest BCUT2D eigenvalue weighted by molar-refractivity contribution is 6.07. The van der Waals surface area contributed by atoms with E-state index in [0.717, 1.165) is 33.8 Å². The highest BCUT2D eigenvalue weighted by Crippen LogP contribution is 2.24. The number of aliphatic carboxylic acids is 1. The fourth-order valence-corrected chi connectivity index (χ4v) is 3.54. The van der Waals surface area contributed by atoms with Crippen LogP contribution in [0.5, 0.6) is 0 Å². The molecule has 0 aliphatic carbocycles. The Labute approximate surface area is 173 Å². The van der Waals surface area contributed by atoms with Gasteiger partial charge < -0.3 is 15.1 Å². The van der Waals surface area contributed by atoms with Gasteiger partial charge >= 0.3 is 5.97 Å². The van der Waals surface area contributed by atoms with Gasteiger partial charge in [0.05, 0.1) is 28.9 Å². The Morgan fingerprint density at radius 3 is 2.73 bits per heavy atom. The molecule has 0 unspecified atom stereocenters. The number of aliphatic imine (C=N–C) groups is 1. The Kier molecular flexibility index (Phi) is 5.38. The molecule has 3 aromatic heterocycles. The number of carboxylic acid groups (broad SMARTS) is 1. The summed E-state index contributed by atoms with van der Waals surface area (Å²) < 4.78 is 4.12. The van der Waals surface area contributed by atoms with Gasteiger partial charge in [0, 0.05) is 25.7 Å². The minimum Gasteiger partial charge on any atom is -0.481 e. The smallest absolute Gasteiger partial charge is 0.305 e. The van der Waals surface area contributed by atoms with Crippen molar-refractivity contribution in [2.24, 2.45) is 4.99 Å². The zero-order valence-electron chi connectivity index (χ0n) is 16.6. The van der Waals surface area contributed by atoms with Gasteiger partial charge in [0.25, 0.3) is 0 Å². The van der Waals surface area contributed by atoms with Crippen molar-refractivity contribution in [2.75, 3.05) is 6.54 Å². The lowest BCUT2D eigenvalue weighted by molar-refractivity contribution is -0.136. The van der Waals surface area contributed by atoms with Gasteiger partial charge in [-0.1, -0.05) is 30.3 Å². The van der Waals surface area contributed by atoms with Gasteiger partial charge in [-0.2, -0.15) is 0 Å². The summed E-state index contributed by atoms with van der Waals surface area (Å²) in [4.78, 5) is 14.7. The standard InChI is InChI=1S/C22H22N6O2/c1-15-25-26-21-8-7-18-20(28(15)21)13-19(17(23)9-11-24-12-10-22(29)30)27(18)14-16-5-3-2-4-6-16/h2-8,11,13,23H,9-10,12,14H2,1H3,(H,29,30). The largest absolute Gasteiger partial charge is 0.481 e. The van der Waals surface area contributed by atoms with E-state index in [4.69, 9.17) is 10.5 Å². The molecule has 0 radical (unpaired) electrons. The van der Waals surface area contributed by atoms with Crippen molar-refractivity contribution in [1.82, 2.24) is 19.2 Å². The molecule has 0 fully saturated rings. The highest BCUT2D eigenvalue weighted by atomic mass is 16.4. The number of hydrogen-bond donors (Lipinski definition) is 2. The fraction of sp³-hybridized carbons (Fsp3) is 0.227. The normalized spacial score (nSPS) is 11.6. The zero-order valence-corrected chi connectivity index (χ0v) is 16.6. The number of fused-ring (bicyclic) bond motifs is 3. The molecule has 0 saturated heterocycles. The molecule has 8 nitrogen and oxygen atoms in total. The van der Waals surface area contributed by atoms with E-state index < -0.39 is 5.97 Å². The first-order valence-corrected chi connectivity index (χ1v) is 9.70. The van der Waals surface area contributed by atoms with Crippen molar-refractivity contribution >= 4 is 34.6 Å². The summed E-state index contributed by atoms with van der Waals surface area (Å²) >= 11 is 0. The van der Waals surface area contributed by atoms with Crippen LogP contribution in [-0.4, -0.2) is 48.7 Å². The van der Waals surface area contributed by atoms with E-state index in [1.807, 2.05) is 47.7 Å². The number of pyridine rings is 1. The number of aromatic nitrogens is 4. The molecule has 3 heterocycles. The summed E-state index contributed by atoms with van der Waals surface area (Å²) in [5, 5.41) is 25.7. The monoisotopic (exact) mass is 402 g/mol. The van der Waals surface area contributed by atoms with Crippen LogP contribution in [0.25, 0.3) is 16.7 Å². The molecule has 2 N–H and O–H groups in total. The molecule has 30 heavy (non-hydrogen) atoms. The van der Waals surface area contributed by atoms with Crippen LogP contribution >= 0.6 is 0 Å². The van der Waals surface area contributed by atoms with E-state index in [9.17, 15) is 4.79 Å². The molecule has 0 atom stereocenters. The first kappa shape index (κ1) is 19.5. The average Bonchev–Trinajstić information content (AvgIpc) is 3.29. The lowest BCUT2D eigenvalue weighted by atomic mass is 10.2. The average molecular weight is 402 g/mol. The topological polar surface area (TPSA) is 109 Å². The SMILES string of the molecule is Cc1nnc2ccc3c(cc(C(=N)CC=NCCC(=O)O)n3Cc3ccccc3)n12. The second-order valence-electron chi connectivity index (χ2n) is 7.06. The number of hydrogen-bond acceptors (Lipinski definition) is 5. The molecule has 0 aliphatic heterocycles. The molecule has 0 saturated carbocycles. The van der Waals surface area contributed by atoms with Crippen molar-refractivity contribution in [3.8, 4) is 0 Å². The van der Waals surface area contributed by atoms with Crippen LogP contribution in [0.1, 0.15) is 29.9 Å². The molecule has 4 aromatic rings. The van der Waals surface area contributed by atoms with Crippen LogP contribution in [0.3, 0.4) is 0 Å². The Morgan fingerprint density at radius 2 is 1.97 bits per heavy atom. The van der Waals surface area contributed by atoms with Crippen molar-refractivity contribution in [1.29, 1.82) is 5.41 Å².